The molecule has 0 saturated heterocycles. The number of hydrogen-bond donors (Lipinski definition) is 0. The van der Waals surface area contributed by atoms with Crippen molar-refractivity contribution in [3.8, 4) is 0 Å². The van der Waals surface area contributed by atoms with E-state index in [1.807, 2.05) is 37.3 Å². The Morgan fingerprint density at radius 1 is 1.50 bits per heavy atom. The van der Waals surface area contributed by atoms with Crippen LogP contribution < -0.4 is 0 Å². The highest BCUT2D eigenvalue weighted by Crippen LogP contribution is 2.14. The summed E-state index contributed by atoms with van der Waals surface area (Å²) < 4.78 is 0. The SMILES string of the molecule is C[C@H](CN=[N+]=[N-])c1ccccc1.[HH].[HH].[HH].[HH].[HH].[HH]. The minimum atomic E-state index is 0. The minimum Gasteiger partial charge on any atom is -0.0934 e. The van der Waals surface area contributed by atoms with E-state index in [2.05, 4.69) is 10.0 Å². The average molecular weight is 173 g/mol. The molecule has 0 fully saturated rings. The van der Waals surface area contributed by atoms with Crippen LogP contribution in [0.25, 0.3) is 10.4 Å². The lowest BCUT2D eigenvalue weighted by Gasteiger charge is -2.06. The van der Waals surface area contributed by atoms with Crippen LogP contribution in [0.15, 0.2) is 35.4 Å². The summed E-state index contributed by atoms with van der Waals surface area (Å²) in [5.41, 5.74) is 9.33. The van der Waals surface area contributed by atoms with Gasteiger partial charge in [0.2, 0.25) is 0 Å². The average Bonchev–Trinajstić information content (AvgIpc) is 2.15. The molecule has 0 spiro atoms. The monoisotopic (exact) mass is 173 g/mol. The van der Waals surface area contributed by atoms with Gasteiger partial charge in [0.25, 0.3) is 0 Å². The van der Waals surface area contributed by atoms with Crippen LogP contribution in [-0.2, 0) is 0 Å². The molecule has 0 aliphatic rings. The van der Waals surface area contributed by atoms with E-state index in [9.17, 15) is 0 Å². The third-order valence-corrected chi connectivity index (χ3v) is 1.79. The Morgan fingerprint density at radius 2 is 2.17 bits per heavy atom. The van der Waals surface area contributed by atoms with E-state index in [1.54, 1.807) is 0 Å². The maximum absolute atomic E-state index is 8.12. The van der Waals surface area contributed by atoms with Crippen molar-refractivity contribution in [1.29, 1.82) is 0 Å². The second kappa shape index (κ2) is 4.42. The smallest absolute Gasteiger partial charge is 0.0324 e. The van der Waals surface area contributed by atoms with E-state index in [1.165, 1.54) is 5.56 Å². The standard InChI is InChI=1S/C9H11N3.6H2/c1-8(7-11-12-10)9-5-3-2-4-6-9;;;;;;/h2-6,8H,7H2,1H3;6*1H/t8-;;;;;;/m1....../s1. The summed E-state index contributed by atoms with van der Waals surface area (Å²) in [5, 5.41) is 3.53. The van der Waals surface area contributed by atoms with Gasteiger partial charge in [-0.2, -0.15) is 0 Å². The van der Waals surface area contributed by atoms with E-state index >= 15 is 0 Å². The molecular weight excluding hydrogens is 150 g/mol. The van der Waals surface area contributed by atoms with Gasteiger partial charge in [-0.3, -0.25) is 0 Å². The highest BCUT2D eigenvalue weighted by molar-refractivity contribution is 5.18. The highest BCUT2D eigenvalue weighted by Gasteiger charge is 2.01. The molecule has 0 N–H and O–H groups in total. The van der Waals surface area contributed by atoms with Gasteiger partial charge in [0.15, 0.2) is 0 Å². The summed E-state index contributed by atoms with van der Waals surface area (Å²) in [6, 6.07) is 10.0. The molecule has 1 rings (SSSR count). The summed E-state index contributed by atoms with van der Waals surface area (Å²) in [6.45, 7) is 2.57. The van der Waals surface area contributed by atoms with Crippen molar-refractivity contribution in [3.05, 3.63) is 46.3 Å². The first kappa shape index (κ1) is 8.62. The number of rotatable bonds is 3. The van der Waals surface area contributed by atoms with E-state index in [0.717, 1.165) is 0 Å². The Hall–Kier alpha value is -1.47. The lowest BCUT2D eigenvalue weighted by atomic mass is 10.0. The van der Waals surface area contributed by atoms with E-state index < -0.39 is 0 Å². The van der Waals surface area contributed by atoms with Crippen molar-refractivity contribution < 1.29 is 8.56 Å². The molecule has 1 aromatic carbocycles. The lowest BCUT2D eigenvalue weighted by Crippen LogP contribution is -1.95. The third-order valence-electron chi connectivity index (χ3n) is 1.79. The summed E-state index contributed by atoms with van der Waals surface area (Å²) >= 11 is 0. The molecule has 0 amide bonds. The van der Waals surface area contributed by atoms with Crippen LogP contribution in [0.2, 0.25) is 0 Å². The molecular formula is C9H23N3. The highest BCUT2D eigenvalue weighted by atomic mass is 15.1. The summed E-state index contributed by atoms with van der Waals surface area (Å²) in [7, 11) is 0. The Bertz CT molecular complexity index is 292. The quantitative estimate of drug-likeness (QED) is 0.365. The number of azide groups is 1. The first-order valence-electron chi connectivity index (χ1n) is 3.90. The van der Waals surface area contributed by atoms with Crippen molar-refractivity contribution in [2.75, 3.05) is 6.54 Å². The van der Waals surface area contributed by atoms with Crippen molar-refractivity contribution in [1.82, 2.24) is 0 Å². The fraction of sp³-hybridized carbons (Fsp3) is 0.333. The predicted molar refractivity (Wildman–Crippen MR) is 61.6 cm³/mol. The zero-order valence-corrected chi connectivity index (χ0v) is 7.01. The van der Waals surface area contributed by atoms with Crippen LogP contribution in [0.3, 0.4) is 0 Å². The normalized spacial score (nSPS) is 11.8. The van der Waals surface area contributed by atoms with Crippen LogP contribution in [0.1, 0.15) is 27.0 Å². The largest absolute Gasteiger partial charge is 0.0934 e. The van der Waals surface area contributed by atoms with Gasteiger partial charge in [-0.15, -0.1) is 0 Å². The molecule has 0 saturated carbocycles. The number of benzene rings is 1. The Morgan fingerprint density at radius 3 is 2.75 bits per heavy atom. The van der Waals surface area contributed by atoms with Gasteiger partial charge < -0.3 is 0 Å². The van der Waals surface area contributed by atoms with Gasteiger partial charge in [0.1, 0.15) is 0 Å². The Kier molecular flexibility index (Phi) is 3.17. The van der Waals surface area contributed by atoms with Crippen LogP contribution >= 0.6 is 0 Å². The summed E-state index contributed by atoms with van der Waals surface area (Å²) in [6.07, 6.45) is 0. The van der Waals surface area contributed by atoms with Gasteiger partial charge in [-0.25, -0.2) is 0 Å². The maximum atomic E-state index is 8.12. The van der Waals surface area contributed by atoms with Gasteiger partial charge >= 0.3 is 0 Å². The number of nitrogens with zero attached hydrogens (tertiary/aromatic N) is 3. The first-order valence-corrected chi connectivity index (χ1v) is 3.90. The molecule has 0 aliphatic heterocycles. The molecule has 0 aromatic heterocycles. The molecule has 0 radical (unpaired) electrons. The van der Waals surface area contributed by atoms with Crippen LogP contribution in [0.5, 0.6) is 0 Å². The molecule has 0 unspecified atom stereocenters. The predicted octanol–water partition coefficient (Wildman–Crippen LogP) is 4.58. The minimum absolute atomic E-state index is 0. The molecule has 74 valence electrons. The van der Waals surface area contributed by atoms with Crippen molar-refractivity contribution >= 4 is 0 Å². The molecule has 12 heavy (non-hydrogen) atoms. The molecule has 0 heterocycles. The maximum Gasteiger partial charge on any atom is 0.0324 e. The summed E-state index contributed by atoms with van der Waals surface area (Å²) in [5.74, 6) is 0.307. The Balaban J connectivity index is -0.0000000600. The first-order chi connectivity index (χ1) is 5.84. The zero-order valence-electron chi connectivity index (χ0n) is 7.01. The molecule has 1 atom stereocenters. The number of hydrogen-bond acceptors (Lipinski definition) is 1. The molecule has 0 aliphatic carbocycles. The van der Waals surface area contributed by atoms with Crippen LogP contribution in [0, 0.1) is 0 Å². The molecule has 1 aromatic rings. The molecule has 3 heteroatoms. The van der Waals surface area contributed by atoms with Crippen molar-refractivity contribution in [3.63, 3.8) is 0 Å². The van der Waals surface area contributed by atoms with E-state index in [0.29, 0.717) is 12.5 Å². The van der Waals surface area contributed by atoms with Crippen LogP contribution in [0.4, 0.5) is 0 Å². The van der Waals surface area contributed by atoms with Gasteiger partial charge in [0, 0.05) is 20.0 Å². The Labute approximate surface area is 80.6 Å². The van der Waals surface area contributed by atoms with Gasteiger partial charge in [-0.05, 0) is 17.0 Å². The van der Waals surface area contributed by atoms with Gasteiger partial charge in [-0.1, -0.05) is 42.4 Å². The van der Waals surface area contributed by atoms with Crippen molar-refractivity contribution in [2.45, 2.75) is 12.8 Å². The fourth-order valence-electron chi connectivity index (χ4n) is 1.05. The van der Waals surface area contributed by atoms with E-state index in [-0.39, 0.29) is 8.56 Å². The summed E-state index contributed by atoms with van der Waals surface area (Å²) in [4.78, 5) is 2.73. The molecule has 0 bridgehead atoms. The fourth-order valence-corrected chi connectivity index (χ4v) is 1.05. The zero-order chi connectivity index (χ0) is 8.81. The topological polar surface area (TPSA) is 48.8 Å². The van der Waals surface area contributed by atoms with E-state index in [4.69, 9.17) is 5.53 Å². The van der Waals surface area contributed by atoms with Crippen molar-refractivity contribution in [2.24, 2.45) is 5.11 Å². The second-order valence-electron chi connectivity index (χ2n) is 2.73. The second-order valence-corrected chi connectivity index (χ2v) is 2.73. The lowest BCUT2D eigenvalue weighted by molar-refractivity contribution is 0.769. The molecule has 3 nitrogen and oxygen atoms in total. The van der Waals surface area contributed by atoms with Crippen LogP contribution in [-0.4, -0.2) is 6.54 Å². The van der Waals surface area contributed by atoms with Gasteiger partial charge in [0.05, 0.1) is 0 Å². The third kappa shape index (κ3) is 2.29.